The number of nitrogens with zero attached hydrogens (tertiary/aromatic N) is 2. The minimum absolute atomic E-state index is 0.293. The zero-order chi connectivity index (χ0) is 17.6. The smallest absolute Gasteiger partial charge is 0.262 e. The van der Waals surface area contributed by atoms with Gasteiger partial charge in [-0.05, 0) is 43.3 Å². The Labute approximate surface area is 149 Å². The number of benzene rings is 1. The first kappa shape index (κ1) is 16.7. The van der Waals surface area contributed by atoms with Crippen LogP contribution in [0.3, 0.4) is 0 Å². The lowest BCUT2D eigenvalue weighted by molar-refractivity contribution is -0.111. The number of aromatic nitrogens is 2. The molecule has 126 valence electrons. The molecule has 0 unspecified atom stereocenters. The lowest BCUT2D eigenvalue weighted by atomic mass is 10.2. The van der Waals surface area contributed by atoms with E-state index < -0.39 is 0 Å². The molecular formula is C18H15ClN4O2. The average Bonchev–Trinajstić information content (AvgIpc) is 3.04. The maximum Gasteiger partial charge on any atom is 0.262 e. The molecule has 1 aromatic carbocycles. The molecule has 0 fully saturated rings. The molecule has 2 heterocycles. The first-order valence-corrected chi connectivity index (χ1v) is 7.88. The fourth-order valence-electron chi connectivity index (χ4n) is 2.06. The second-order valence-electron chi connectivity index (χ2n) is 5.21. The summed E-state index contributed by atoms with van der Waals surface area (Å²) in [6.45, 7) is 1.79. The maximum absolute atomic E-state index is 12.6. The molecule has 0 saturated heterocycles. The van der Waals surface area contributed by atoms with Crippen molar-refractivity contribution in [2.24, 2.45) is 0 Å². The molecule has 0 radical (unpaired) electrons. The summed E-state index contributed by atoms with van der Waals surface area (Å²) in [7, 11) is 0. The van der Waals surface area contributed by atoms with Gasteiger partial charge in [0.1, 0.15) is 11.4 Å². The maximum atomic E-state index is 12.6. The number of hydrogen-bond acceptors (Lipinski definition) is 5. The zero-order valence-corrected chi connectivity index (χ0v) is 14.1. The summed E-state index contributed by atoms with van der Waals surface area (Å²) in [5.74, 6) is 0.435. The summed E-state index contributed by atoms with van der Waals surface area (Å²) >= 11 is 5.88. The minimum Gasteiger partial charge on any atom is -0.361 e. The van der Waals surface area contributed by atoms with Crippen LogP contribution in [0.5, 0.6) is 0 Å². The van der Waals surface area contributed by atoms with Crippen molar-refractivity contribution in [2.45, 2.75) is 6.92 Å². The molecule has 3 rings (SSSR count). The molecule has 6 nitrogen and oxygen atoms in total. The molecule has 2 aromatic heterocycles. The van der Waals surface area contributed by atoms with Crippen LogP contribution in [-0.4, -0.2) is 16.0 Å². The van der Waals surface area contributed by atoms with Crippen LogP contribution in [0, 0.1) is 6.92 Å². The average molecular weight is 355 g/mol. The molecule has 0 spiro atoms. The van der Waals surface area contributed by atoms with E-state index in [-0.39, 0.29) is 5.91 Å². The summed E-state index contributed by atoms with van der Waals surface area (Å²) in [6.07, 6.45) is 3.16. The number of nitrogens with one attached hydrogen (secondary N) is 2. The molecule has 0 aliphatic rings. The molecule has 2 N–H and O–H groups in total. The zero-order valence-electron chi connectivity index (χ0n) is 13.4. The third-order valence-corrected chi connectivity index (χ3v) is 3.52. The highest BCUT2D eigenvalue weighted by molar-refractivity contribution is 6.30. The van der Waals surface area contributed by atoms with Crippen molar-refractivity contribution in [3.05, 3.63) is 77.4 Å². The Balaban J connectivity index is 1.85. The van der Waals surface area contributed by atoms with Crippen molar-refractivity contribution >= 4 is 34.6 Å². The Bertz CT molecular complexity index is 889. The number of rotatable bonds is 5. The van der Waals surface area contributed by atoms with Gasteiger partial charge in [0.05, 0.1) is 5.69 Å². The highest BCUT2D eigenvalue weighted by Crippen LogP contribution is 2.19. The molecule has 0 bridgehead atoms. The fraction of sp³-hybridized carbons (Fsp3) is 0.0556. The van der Waals surface area contributed by atoms with Crippen LogP contribution in [0.2, 0.25) is 5.02 Å². The highest BCUT2D eigenvalue weighted by Gasteiger charge is 2.17. The number of anilines is 2. The third-order valence-electron chi connectivity index (χ3n) is 3.27. The molecule has 0 saturated carbocycles. The van der Waals surface area contributed by atoms with E-state index in [9.17, 15) is 4.79 Å². The molecule has 7 heteroatoms. The van der Waals surface area contributed by atoms with E-state index in [1.165, 1.54) is 0 Å². The monoisotopic (exact) mass is 354 g/mol. The number of carbonyl (C=O) groups is 1. The largest absolute Gasteiger partial charge is 0.361 e. The lowest BCUT2D eigenvalue weighted by Crippen LogP contribution is -2.15. The lowest BCUT2D eigenvalue weighted by Gasteiger charge is -2.07. The van der Waals surface area contributed by atoms with Crippen LogP contribution < -0.4 is 10.6 Å². The van der Waals surface area contributed by atoms with E-state index in [0.717, 1.165) is 5.69 Å². The van der Waals surface area contributed by atoms with Crippen LogP contribution in [0.25, 0.3) is 5.57 Å². The van der Waals surface area contributed by atoms with Crippen molar-refractivity contribution < 1.29 is 9.32 Å². The Morgan fingerprint density at radius 2 is 2.00 bits per heavy atom. The molecular weight excluding hydrogens is 340 g/mol. The van der Waals surface area contributed by atoms with E-state index in [1.54, 1.807) is 67.9 Å². The van der Waals surface area contributed by atoms with Crippen LogP contribution >= 0.6 is 11.6 Å². The predicted molar refractivity (Wildman–Crippen MR) is 97.2 cm³/mol. The van der Waals surface area contributed by atoms with E-state index in [4.69, 9.17) is 16.1 Å². The molecule has 1 amide bonds. The molecule has 0 atom stereocenters. The van der Waals surface area contributed by atoms with Crippen LogP contribution in [-0.2, 0) is 4.79 Å². The second kappa shape index (κ2) is 7.63. The minimum atomic E-state index is -0.365. The summed E-state index contributed by atoms with van der Waals surface area (Å²) in [5.41, 5.74) is 1.75. The van der Waals surface area contributed by atoms with Crippen molar-refractivity contribution in [1.82, 2.24) is 10.1 Å². The van der Waals surface area contributed by atoms with Crippen LogP contribution in [0.4, 0.5) is 11.5 Å². The van der Waals surface area contributed by atoms with Gasteiger partial charge >= 0.3 is 0 Å². The van der Waals surface area contributed by atoms with Crippen molar-refractivity contribution in [3.8, 4) is 0 Å². The summed E-state index contributed by atoms with van der Waals surface area (Å²) in [6, 6.07) is 14.1. The Morgan fingerprint density at radius 3 is 2.64 bits per heavy atom. The number of carbonyl (C=O) groups excluding carboxylic acids is 1. The van der Waals surface area contributed by atoms with E-state index in [0.29, 0.717) is 27.9 Å². The second-order valence-corrected chi connectivity index (χ2v) is 5.65. The van der Waals surface area contributed by atoms with Crippen LogP contribution in [0.1, 0.15) is 11.5 Å². The number of amides is 1. The van der Waals surface area contributed by atoms with Crippen molar-refractivity contribution in [3.63, 3.8) is 0 Å². The highest BCUT2D eigenvalue weighted by atomic mass is 35.5. The predicted octanol–water partition coefficient (Wildman–Crippen LogP) is 4.12. The van der Waals surface area contributed by atoms with Crippen LogP contribution in [0.15, 0.2) is 65.5 Å². The first-order valence-electron chi connectivity index (χ1n) is 7.50. The summed E-state index contributed by atoms with van der Waals surface area (Å²) in [5, 5.41) is 10.3. The van der Waals surface area contributed by atoms with Crippen molar-refractivity contribution in [2.75, 3.05) is 10.6 Å². The van der Waals surface area contributed by atoms with Crippen molar-refractivity contribution in [1.29, 1.82) is 0 Å². The van der Waals surface area contributed by atoms with E-state index in [2.05, 4.69) is 20.8 Å². The van der Waals surface area contributed by atoms with Gasteiger partial charge in [-0.25, -0.2) is 4.98 Å². The third kappa shape index (κ3) is 4.45. The van der Waals surface area contributed by atoms with E-state index >= 15 is 0 Å². The van der Waals surface area contributed by atoms with Gasteiger partial charge in [-0.2, -0.15) is 0 Å². The molecule has 0 aliphatic heterocycles. The van der Waals surface area contributed by atoms with Gasteiger partial charge in [0.15, 0.2) is 5.76 Å². The van der Waals surface area contributed by atoms with Gasteiger partial charge in [0, 0.05) is 29.2 Å². The Morgan fingerprint density at radius 1 is 1.20 bits per heavy atom. The Hall–Kier alpha value is -3.12. The van der Waals surface area contributed by atoms with Gasteiger partial charge in [0.2, 0.25) is 0 Å². The van der Waals surface area contributed by atoms with Gasteiger partial charge in [0.25, 0.3) is 5.91 Å². The number of hydrogen-bond donors (Lipinski definition) is 2. The molecule has 25 heavy (non-hydrogen) atoms. The normalized spacial score (nSPS) is 11.2. The standard InChI is InChI=1S/C18H15ClN4O2/c1-12-10-16(25-23-12)15(11-21-14-7-5-13(19)6-8-14)18(24)22-17-4-2-3-9-20-17/h2-11,21H,1H3,(H,20,22,24)/b15-11-. The number of halogens is 1. The van der Waals surface area contributed by atoms with Gasteiger partial charge < -0.3 is 15.2 Å². The molecule has 0 aliphatic carbocycles. The SMILES string of the molecule is Cc1cc(/C(=C/Nc2ccc(Cl)cc2)C(=O)Nc2ccccn2)on1. The summed E-state index contributed by atoms with van der Waals surface area (Å²) < 4.78 is 5.23. The fourth-order valence-corrected chi connectivity index (χ4v) is 2.19. The van der Waals surface area contributed by atoms with Gasteiger partial charge in [-0.1, -0.05) is 22.8 Å². The van der Waals surface area contributed by atoms with Gasteiger partial charge in [-0.3, -0.25) is 4.79 Å². The Kier molecular flexibility index (Phi) is 5.11. The summed E-state index contributed by atoms with van der Waals surface area (Å²) in [4.78, 5) is 16.7. The van der Waals surface area contributed by atoms with E-state index in [1.807, 2.05) is 0 Å². The quantitative estimate of drug-likeness (QED) is 0.673. The van der Waals surface area contributed by atoms with Gasteiger partial charge in [-0.15, -0.1) is 0 Å². The number of aryl methyl sites for hydroxylation is 1. The topological polar surface area (TPSA) is 80.0 Å². The number of pyridine rings is 1. The molecule has 3 aromatic rings. The first-order chi connectivity index (χ1) is 12.1.